The summed E-state index contributed by atoms with van der Waals surface area (Å²) in [5.41, 5.74) is 4.29. The van der Waals surface area contributed by atoms with Gasteiger partial charge in [0.15, 0.2) is 5.82 Å². The van der Waals surface area contributed by atoms with Crippen LogP contribution in [0.25, 0.3) is 0 Å². The Bertz CT molecular complexity index is 692. The molecule has 0 aliphatic carbocycles. The summed E-state index contributed by atoms with van der Waals surface area (Å²) in [4.78, 5) is 36.7. The van der Waals surface area contributed by atoms with Crippen LogP contribution >= 0.6 is 0 Å². The molecule has 2 rings (SSSR count). The van der Waals surface area contributed by atoms with E-state index in [9.17, 15) is 9.59 Å². The topological polar surface area (TPSA) is 120 Å². The maximum atomic E-state index is 12.8. The zero-order valence-electron chi connectivity index (χ0n) is 17.3. The Hall–Kier alpha value is -2.62. The molecule has 1 aliphatic heterocycles. The van der Waals surface area contributed by atoms with E-state index in [-0.39, 0.29) is 11.6 Å². The molecule has 1 saturated heterocycles. The van der Waals surface area contributed by atoms with E-state index < -0.39 is 23.4 Å². The lowest BCUT2D eigenvalue weighted by Gasteiger charge is -2.30. The first-order valence-corrected chi connectivity index (χ1v) is 9.09. The van der Waals surface area contributed by atoms with E-state index in [0.717, 1.165) is 4.90 Å². The molecule has 1 aromatic heterocycles. The molecule has 1 fully saturated rings. The van der Waals surface area contributed by atoms with Crippen LogP contribution < -0.4 is 15.5 Å². The number of carbonyl (C=O) groups excluding carboxylic acids is 2. The Labute approximate surface area is 164 Å². The molecule has 0 bridgehead atoms. The average molecular weight is 395 g/mol. The highest BCUT2D eigenvalue weighted by molar-refractivity contribution is 6.09. The summed E-state index contributed by atoms with van der Waals surface area (Å²) >= 11 is 0. The van der Waals surface area contributed by atoms with Gasteiger partial charge in [-0.1, -0.05) is 0 Å². The van der Waals surface area contributed by atoms with Crippen molar-refractivity contribution in [2.45, 2.75) is 52.7 Å². The minimum Gasteiger partial charge on any atom is -0.443 e. The van der Waals surface area contributed by atoms with Crippen LogP contribution in [-0.2, 0) is 14.2 Å². The summed E-state index contributed by atoms with van der Waals surface area (Å²) in [6, 6.07) is 1.33. The summed E-state index contributed by atoms with van der Waals surface area (Å²) in [6.07, 6.45) is -1.82. The first kappa shape index (κ1) is 21.7. The largest absolute Gasteiger partial charge is 0.443 e. The number of nitrogens with two attached hydrogens (primary N) is 1. The zero-order valence-corrected chi connectivity index (χ0v) is 17.3. The molecule has 10 nitrogen and oxygen atoms in total. The molecule has 2 N–H and O–H groups in total. The Morgan fingerprint density at radius 3 is 2.00 bits per heavy atom. The highest BCUT2D eigenvalue weighted by atomic mass is 16.6. The molecular weight excluding hydrogens is 366 g/mol. The number of hydrogen-bond acceptors (Lipinski definition) is 9. The molecule has 1 aliphatic rings. The molecule has 2 amide bonds. The van der Waals surface area contributed by atoms with Crippen LogP contribution in [0.2, 0.25) is 0 Å². The first-order chi connectivity index (χ1) is 12.9. The van der Waals surface area contributed by atoms with E-state index in [1.807, 2.05) is 4.90 Å². The number of ether oxygens (including phenoxy) is 3. The Morgan fingerprint density at radius 2 is 1.54 bits per heavy atom. The van der Waals surface area contributed by atoms with E-state index in [2.05, 4.69) is 9.97 Å². The smallest absolute Gasteiger partial charge is 0.425 e. The SMILES string of the molecule is CC(C)(C)OC(=O)N(C(=O)OC(C)(C)C)c1cc(N)nc(N2CCOCC2)n1. The predicted octanol–water partition coefficient (Wildman–Crippen LogP) is 2.57. The number of imide groups is 1. The lowest BCUT2D eigenvalue weighted by atomic mass is 10.2. The number of amides is 2. The van der Waals surface area contributed by atoms with Gasteiger partial charge >= 0.3 is 12.2 Å². The fraction of sp³-hybridized carbons (Fsp3) is 0.667. The minimum absolute atomic E-state index is 0.0162. The van der Waals surface area contributed by atoms with Crippen LogP contribution in [0, 0.1) is 0 Å². The van der Waals surface area contributed by atoms with Crippen molar-refractivity contribution >= 4 is 29.8 Å². The van der Waals surface area contributed by atoms with Crippen LogP contribution in [0.4, 0.5) is 27.2 Å². The molecule has 10 heteroatoms. The molecule has 0 aromatic carbocycles. The van der Waals surface area contributed by atoms with Crippen molar-refractivity contribution < 1.29 is 23.8 Å². The van der Waals surface area contributed by atoms with Crippen LogP contribution in [0.5, 0.6) is 0 Å². The van der Waals surface area contributed by atoms with E-state index in [4.69, 9.17) is 19.9 Å². The number of morpholine rings is 1. The molecular formula is C18H29N5O5. The second kappa shape index (κ2) is 8.17. The van der Waals surface area contributed by atoms with E-state index in [1.165, 1.54) is 6.07 Å². The average Bonchev–Trinajstić information content (AvgIpc) is 2.51. The summed E-state index contributed by atoms with van der Waals surface area (Å²) in [6.45, 7) is 12.4. The van der Waals surface area contributed by atoms with Crippen LogP contribution in [0.1, 0.15) is 41.5 Å². The van der Waals surface area contributed by atoms with Crippen LogP contribution in [0.15, 0.2) is 6.07 Å². The van der Waals surface area contributed by atoms with Gasteiger partial charge in [-0.3, -0.25) is 0 Å². The molecule has 0 atom stereocenters. The summed E-state index contributed by atoms with van der Waals surface area (Å²) < 4.78 is 16.1. The van der Waals surface area contributed by atoms with Crippen molar-refractivity contribution in [3.63, 3.8) is 0 Å². The van der Waals surface area contributed by atoms with Crippen LogP contribution in [0.3, 0.4) is 0 Å². The number of carbonyl (C=O) groups is 2. The van der Waals surface area contributed by atoms with Crippen molar-refractivity contribution in [2.75, 3.05) is 41.8 Å². The monoisotopic (exact) mass is 395 g/mol. The predicted molar refractivity (Wildman–Crippen MR) is 104 cm³/mol. The quantitative estimate of drug-likeness (QED) is 0.805. The minimum atomic E-state index is -0.909. The van der Waals surface area contributed by atoms with Gasteiger partial charge in [0, 0.05) is 19.2 Å². The molecule has 0 radical (unpaired) electrons. The maximum Gasteiger partial charge on any atom is 0.425 e. The molecule has 156 valence electrons. The molecule has 0 unspecified atom stereocenters. The van der Waals surface area contributed by atoms with Gasteiger partial charge in [-0.05, 0) is 41.5 Å². The van der Waals surface area contributed by atoms with Gasteiger partial charge in [0.1, 0.15) is 17.0 Å². The van der Waals surface area contributed by atoms with Crippen LogP contribution in [-0.4, -0.2) is 59.7 Å². The summed E-state index contributed by atoms with van der Waals surface area (Å²) in [5, 5.41) is 0. The molecule has 1 aromatic rings. The second-order valence-electron chi connectivity index (χ2n) is 8.35. The molecule has 2 heterocycles. The van der Waals surface area contributed by atoms with E-state index in [1.54, 1.807) is 41.5 Å². The number of rotatable bonds is 2. The number of hydrogen-bond donors (Lipinski definition) is 1. The third-order valence-electron chi connectivity index (χ3n) is 3.40. The highest BCUT2D eigenvalue weighted by Gasteiger charge is 2.34. The van der Waals surface area contributed by atoms with Gasteiger partial charge in [-0.2, -0.15) is 14.9 Å². The van der Waals surface area contributed by atoms with Crippen molar-refractivity contribution in [3.05, 3.63) is 6.07 Å². The summed E-state index contributed by atoms with van der Waals surface area (Å²) in [5.74, 6) is 0.400. The lowest BCUT2D eigenvalue weighted by Crippen LogP contribution is -2.44. The maximum absolute atomic E-state index is 12.8. The van der Waals surface area contributed by atoms with Crippen molar-refractivity contribution in [1.29, 1.82) is 0 Å². The second-order valence-corrected chi connectivity index (χ2v) is 8.35. The van der Waals surface area contributed by atoms with Gasteiger partial charge in [-0.25, -0.2) is 9.59 Å². The summed E-state index contributed by atoms with van der Waals surface area (Å²) in [7, 11) is 0. The molecule has 0 spiro atoms. The first-order valence-electron chi connectivity index (χ1n) is 9.09. The fourth-order valence-corrected chi connectivity index (χ4v) is 2.34. The highest BCUT2D eigenvalue weighted by Crippen LogP contribution is 2.24. The van der Waals surface area contributed by atoms with Gasteiger partial charge < -0.3 is 24.8 Å². The number of aromatic nitrogens is 2. The van der Waals surface area contributed by atoms with Gasteiger partial charge in [0.25, 0.3) is 0 Å². The normalized spacial score (nSPS) is 15.1. The third kappa shape index (κ3) is 6.22. The van der Waals surface area contributed by atoms with Gasteiger partial charge in [0.05, 0.1) is 13.2 Å². The fourth-order valence-electron chi connectivity index (χ4n) is 2.34. The Kier molecular flexibility index (Phi) is 6.33. The van der Waals surface area contributed by atoms with Gasteiger partial charge in [-0.15, -0.1) is 0 Å². The van der Waals surface area contributed by atoms with Crippen molar-refractivity contribution in [3.8, 4) is 0 Å². The number of nitrogen functional groups attached to an aromatic ring is 1. The lowest BCUT2D eigenvalue weighted by molar-refractivity contribution is 0.0429. The van der Waals surface area contributed by atoms with E-state index in [0.29, 0.717) is 32.3 Å². The van der Waals surface area contributed by atoms with E-state index >= 15 is 0 Å². The third-order valence-corrected chi connectivity index (χ3v) is 3.40. The Balaban J connectivity index is 2.42. The number of nitrogens with zero attached hydrogens (tertiary/aromatic N) is 4. The zero-order chi connectivity index (χ0) is 21.1. The van der Waals surface area contributed by atoms with Gasteiger partial charge in [0.2, 0.25) is 5.95 Å². The van der Waals surface area contributed by atoms with Crippen molar-refractivity contribution in [1.82, 2.24) is 9.97 Å². The standard InChI is InChI=1S/C18H29N5O5/c1-17(2,3)27-15(24)23(16(25)28-18(4,5)6)13-11-12(19)20-14(21-13)22-7-9-26-10-8-22/h11H,7-10H2,1-6H3,(H2,19,20,21). The molecule has 0 saturated carbocycles. The Morgan fingerprint density at radius 1 is 1.04 bits per heavy atom. The molecule has 28 heavy (non-hydrogen) atoms. The van der Waals surface area contributed by atoms with Crippen molar-refractivity contribution in [2.24, 2.45) is 0 Å². The number of anilines is 3.